The molecule has 0 aliphatic carbocycles. The Balaban J connectivity index is 1.88. The molecule has 0 fully saturated rings. The van der Waals surface area contributed by atoms with Crippen molar-refractivity contribution in [1.29, 1.82) is 0 Å². The number of nitrogens with zero attached hydrogens (tertiary/aromatic N) is 3. The van der Waals surface area contributed by atoms with E-state index in [4.69, 9.17) is 5.11 Å². The van der Waals surface area contributed by atoms with Gasteiger partial charge < -0.3 is 15.7 Å². The van der Waals surface area contributed by atoms with Gasteiger partial charge in [0.25, 0.3) is 0 Å². The normalized spacial score (nSPS) is 11.8. The predicted octanol–water partition coefficient (Wildman–Crippen LogP) is 1.31. The van der Waals surface area contributed by atoms with Gasteiger partial charge in [-0.25, -0.2) is 9.78 Å². The number of carbonyl (C=O) groups is 2. The molecule has 2 aromatic heterocycles. The summed E-state index contributed by atoms with van der Waals surface area (Å²) in [6.45, 7) is 1.57. The van der Waals surface area contributed by atoms with E-state index >= 15 is 0 Å². The van der Waals surface area contributed by atoms with Crippen molar-refractivity contribution in [2.75, 3.05) is 5.32 Å². The zero-order valence-corrected chi connectivity index (χ0v) is 11.4. The van der Waals surface area contributed by atoms with Crippen LogP contribution in [0.4, 0.5) is 10.5 Å². The molecule has 0 bridgehead atoms. The topological polar surface area (TPSA) is 109 Å². The zero-order valence-electron chi connectivity index (χ0n) is 10.6. The van der Waals surface area contributed by atoms with Crippen molar-refractivity contribution >= 4 is 29.0 Å². The number of carboxylic acid groups (broad SMARTS) is 1. The van der Waals surface area contributed by atoms with E-state index in [-0.39, 0.29) is 12.6 Å². The minimum atomic E-state index is -0.999. The van der Waals surface area contributed by atoms with Crippen molar-refractivity contribution in [3.63, 3.8) is 0 Å². The van der Waals surface area contributed by atoms with E-state index in [1.165, 1.54) is 28.4 Å². The fraction of sp³-hybridized carbons (Fsp3) is 0.273. The Morgan fingerprint density at radius 1 is 1.55 bits per heavy atom. The van der Waals surface area contributed by atoms with E-state index in [9.17, 15) is 9.59 Å². The summed E-state index contributed by atoms with van der Waals surface area (Å²) in [4.78, 5) is 26.4. The van der Waals surface area contributed by atoms with E-state index in [2.05, 4.69) is 20.7 Å². The van der Waals surface area contributed by atoms with Crippen LogP contribution in [-0.2, 0) is 11.3 Å². The molecule has 2 heterocycles. The maximum atomic E-state index is 11.8. The first-order chi connectivity index (χ1) is 9.54. The van der Waals surface area contributed by atoms with Crippen LogP contribution in [0.5, 0.6) is 0 Å². The lowest BCUT2D eigenvalue weighted by molar-refractivity contribution is -0.137. The van der Waals surface area contributed by atoms with Crippen LogP contribution in [0.15, 0.2) is 24.0 Å². The number of hydrogen-bond acceptors (Lipinski definition) is 5. The van der Waals surface area contributed by atoms with Crippen LogP contribution in [0.1, 0.15) is 18.0 Å². The molecule has 106 valence electrons. The number of carbonyl (C=O) groups excluding carboxylic acids is 1. The van der Waals surface area contributed by atoms with Crippen LogP contribution >= 0.6 is 11.3 Å². The first-order valence-corrected chi connectivity index (χ1v) is 6.63. The summed E-state index contributed by atoms with van der Waals surface area (Å²) in [6, 6.07) is -0.605. The Hall–Kier alpha value is -2.42. The van der Waals surface area contributed by atoms with Crippen molar-refractivity contribution in [2.24, 2.45) is 0 Å². The minimum absolute atomic E-state index is 0.205. The van der Waals surface area contributed by atoms with Crippen LogP contribution in [-0.4, -0.2) is 31.9 Å². The molecule has 0 saturated heterocycles. The molecule has 2 amide bonds. The summed E-state index contributed by atoms with van der Waals surface area (Å²) in [7, 11) is 0. The van der Waals surface area contributed by atoms with E-state index in [1.54, 1.807) is 6.20 Å². The lowest BCUT2D eigenvalue weighted by Gasteiger charge is -2.11. The highest BCUT2D eigenvalue weighted by Gasteiger charge is 2.12. The molecule has 0 spiro atoms. The molecule has 20 heavy (non-hydrogen) atoms. The van der Waals surface area contributed by atoms with Gasteiger partial charge in [-0.3, -0.25) is 9.48 Å². The Labute approximate surface area is 118 Å². The summed E-state index contributed by atoms with van der Waals surface area (Å²) in [6.07, 6.45) is 4.50. The standard InChI is InChI=1S/C11H13N5O3S/c1-7(10-12-2-3-20-10)14-11(19)15-8-4-13-16(5-8)6-9(17)18/h2-5,7H,6H2,1H3,(H,17,18)(H2,14,15,19). The highest BCUT2D eigenvalue weighted by Crippen LogP contribution is 2.14. The highest BCUT2D eigenvalue weighted by molar-refractivity contribution is 7.09. The monoisotopic (exact) mass is 295 g/mol. The number of anilines is 1. The first kappa shape index (κ1) is 14.0. The zero-order chi connectivity index (χ0) is 14.5. The second kappa shape index (κ2) is 6.15. The third-order valence-corrected chi connectivity index (χ3v) is 3.32. The largest absolute Gasteiger partial charge is 0.480 e. The number of thiazole rings is 1. The summed E-state index contributed by atoms with van der Waals surface area (Å²) >= 11 is 1.45. The van der Waals surface area contributed by atoms with Gasteiger partial charge in [-0.05, 0) is 6.92 Å². The molecular weight excluding hydrogens is 282 g/mol. The molecule has 0 radical (unpaired) electrons. The number of nitrogens with one attached hydrogen (secondary N) is 2. The average molecular weight is 295 g/mol. The highest BCUT2D eigenvalue weighted by atomic mass is 32.1. The second-order valence-electron chi connectivity index (χ2n) is 4.01. The number of urea groups is 1. The number of amides is 2. The van der Waals surface area contributed by atoms with Crippen LogP contribution in [0.2, 0.25) is 0 Å². The predicted molar refractivity (Wildman–Crippen MR) is 72.5 cm³/mol. The van der Waals surface area contributed by atoms with E-state index in [0.29, 0.717) is 5.69 Å². The number of rotatable bonds is 5. The Kier molecular flexibility index (Phi) is 4.31. The van der Waals surface area contributed by atoms with Crippen molar-refractivity contribution in [3.8, 4) is 0 Å². The van der Waals surface area contributed by atoms with Crippen LogP contribution < -0.4 is 10.6 Å². The first-order valence-electron chi connectivity index (χ1n) is 5.76. The Morgan fingerprint density at radius 3 is 3.00 bits per heavy atom. The van der Waals surface area contributed by atoms with E-state index in [0.717, 1.165) is 5.01 Å². The summed E-state index contributed by atoms with van der Waals surface area (Å²) < 4.78 is 1.22. The molecule has 9 heteroatoms. The fourth-order valence-corrected chi connectivity index (χ4v) is 2.17. The molecule has 2 aromatic rings. The Bertz CT molecular complexity index is 595. The van der Waals surface area contributed by atoms with Gasteiger partial charge in [0.05, 0.1) is 17.9 Å². The lowest BCUT2D eigenvalue weighted by Crippen LogP contribution is -2.30. The quantitative estimate of drug-likeness (QED) is 0.770. The van der Waals surface area contributed by atoms with Crippen LogP contribution in [0.25, 0.3) is 0 Å². The molecule has 0 aliphatic heterocycles. The van der Waals surface area contributed by atoms with E-state index in [1.807, 2.05) is 12.3 Å². The van der Waals surface area contributed by atoms with Crippen molar-refractivity contribution < 1.29 is 14.7 Å². The number of carboxylic acids is 1. The maximum absolute atomic E-state index is 11.8. The van der Waals surface area contributed by atoms with Crippen LogP contribution in [0, 0.1) is 0 Å². The third-order valence-electron chi connectivity index (χ3n) is 2.36. The third kappa shape index (κ3) is 3.79. The minimum Gasteiger partial charge on any atom is -0.480 e. The number of aliphatic carboxylic acids is 1. The molecule has 3 N–H and O–H groups in total. The van der Waals surface area contributed by atoms with Crippen molar-refractivity contribution in [2.45, 2.75) is 19.5 Å². The Morgan fingerprint density at radius 2 is 2.35 bits per heavy atom. The number of hydrogen-bond donors (Lipinski definition) is 3. The van der Waals surface area contributed by atoms with Gasteiger partial charge in [-0.1, -0.05) is 0 Å². The molecule has 0 saturated carbocycles. The van der Waals surface area contributed by atoms with Gasteiger partial charge in [-0.15, -0.1) is 11.3 Å². The SMILES string of the molecule is CC(NC(=O)Nc1cnn(CC(=O)O)c1)c1nccs1. The van der Waals surface area contributed by atoms with Crippen LogP contribution in [0.3, 0.4) is 0 Å². The molecule has 8 nitrogen and oxygen atoms in total. The number of aromatic nitrogens is 3. The second-order valence-corrected chi connectivity index (χ2v) is 4.94. The van der Waals surface area contributed by atoms with Gasteiger partial charge in [-0.2, -0.15) is 5.10 Å². The average Bonchev–Trinajstić information content (AvgIpc) is 2.99. The van der Waals surface area contributed by atoms with Gasteiger partial charge in [0.1, 0.15) is 11.6 Å². The van der Waals surface area contributed by atoms with Crippen molar-refractivity contribution in [3.05, 3.63) is 29.0 Å². The molecule has 0 aromatic carbocycles. The molecule has 1 atom stereocenters. The lowest BCUT2D eigenvalue weighted by atomic mass is 10.3. The summed E-state index contributed by atoms with van der Waals surface area (Å²) in [5, 5.41) is 20.4. The smallest absolute Gasteiger partial charge is 0.325 e. The molecule has 2 rings (SSSR count). The van der Waals surface area contributed by atoms with Gasteiger partial charge >= 0.3 is 12.0 Å². The molecule has 1 unspecified atom stereocenters. The summed E-state index contributed by atoms with van der Waals surface area (Å²) in [5.41, 5.74) is 0.426. The van der Waals surface area contributed by atoms with E-state index < -0.39 is 12.0 Å². The van der Waals surface area contributed by atoms with Gasteiger partial charge in [0, 0.05) is 17.8 Å². The van der Waals surface area contributed by atoms with Crippen molar-refractivity contribution in [1.82, 2.24) is 20.1 Å². The summed E-state index contributed by atoms with van der Waals surface area (Å²) in [5.74, 6) is -0.999. The maximum Gasteiger partial charge on any atom is 0.325 e. The van der Waals surface area contributed by atoms with Gasteiger partial charge in [0.15, 0.2) is 0 Å². The van der Waals surface area contributed by atoms with Gasteiger partial charge in [0.2, 0.25) is 0 Å². The fourth-order valence-electron chi connectivity index (χ4n) is 1.53. The molecular formula is C11H13N5O3S. The molecule has 0 aliphatic rings.